The van der Waals surface area contributed by atoms with E-state index in [0.29, 0.717) is 5.69 Å². The summed E-state index contributed by atoms with van der Waals surface area (Å²) in [6.07, 6.45) is 1.03. The zero-order chi connectivity index (χ0) is 12.3. The summed E-state index contributed by atoms with van der Waals surface area (Å²) in [4.78, 5) is 4.22. The second kappa shape index (κ2) is 4.97. The maximum absolute atomic E-state index is 10.2. The third kappa shape index (κ3) is 2.63. The van der Waals surface area contributed by atoms with Crippen molar-refractivity contribution in [3.05, 3.63) is 59.4 Å². The SMILES string of the molecule is COc1cccc(C(O)c2ccc(C)cn2)c1. The van der Waals surface area contributed by atoms with E-state index >= 15 is 0 Å². The van der Waals surface area contributed by atoms with E-state index in [9.17, 15) is 5.11 Å². The minimum atomic E-state index is -0.717. The topological polar surface area (TPSA) is 42.4 Å². The minimum absolute atomic E-state index is 0.642. The molecule has 3 heteroatoms. The van der Waals surface area contributed by atoms with Gasteiger partial charge in [0, 0.05) is 6.20 Å². The van der Waals surface area contributed by atoms with Gasteiger partial charge in [0.2, 0.25) is 0 Å². The predicted octanol–water partition coefficient (Wildman–Crippen LogP) is 2.48. The van der Waals surface area contributed by atoms with Gasteiger partial charge >= 0.3 is 0 Å². The largest absolute Gasteiger partial charge is 0.497 e. The van der Waals surface area contributed by atoms with Crippen molar-refractivity contribution in [2.24, 2.45) is 0 Å². The number of pyridine rings is 1. The van der Waals surface area contributed by atoms with Crippen LogP contribution in [0.2, 0.25) is 0 Å². The molecule has 0 spiro atoms. The number of aromatic nitrogens is 1. The molecule has 0 saturated carbocycles. The van der Waals surface area contributed by atoms with Crippen LogP contribution in [0.3, 0.4) is 0 Å². The van der Waals surface area contributed by atoms with E-state index in [-0.39, 0.29) is 0 Å². The standard InChI is InChI=1S/C14H15NO2/c1-10-6-7-13(15-9-10)14(16)11-4-3-5-12(8-11)17-2/h3-9,14,16H,1-2H3. The third-order valence-electron chi connectivity index (χ3n) is 2.62. The summed E-state index contributed by atoms with van der Waals surface area (Å²) < 4.78 is 5.13. The zero-order valence-electron chi connectivity index (χ0n) is 9.92. The van der Waals surface area contributed by atoms with Crippen molar-refractivity contribution >= 4 is 0 Å². The average molecular weight is 229 g/mol. The smallest absolute Gasteiger partial charge is 0.121 e. The van der Waals surface area contributed by atoms with E-state index in [1.54, 1.807) is 13.3 Å². The highest BCUT2D eigenvalue weighted by Crippen LogP contribution is 2.23. The van der Waals surface area contributed by atoms with Crippen LogP contribution in [-0.4, -0.2) is 17.2 Å². The molecular formula is C14H15NO2. The van der Waals surface area contributed by atoms with Gasteiger partial charge in [-0.1, -0.05) is 18.2 Å². The lowest BCUT2D eigenvalue weighted by molar-refractivity contribution is 0.215. The lowest BCUT2D eigenvalue weighted by Gasteiger charge is -2.11. The first-order chi connectivity index (χ1) is 8.20. The van der Waals surface area contributed by atoms with Crippen LogP contribution in [0.25, 0.3) is 0 Å². The van der Waals surface area contributed by atoms with Gasteiger partial charge in [-0.3, -0.25) is 4.98 Å². The van der Waals surface area contributed by atoms with Crippen LogP contribution in [0.4, 0.5) is 0 Å². The molecule has 1 heterocycles. The molecule has 17 heavy (non-hydrogen) atoms. The number of benzene rings is 1. The van der Waals surface area contributed by atoms with Crippen molar-refractivity contribution in [3.8, 4) is 5.75 Å². The summed E-state index contributed by atoms with van der Waals surface area (Å²) in [5, 5.41) is 10.2. The van der Waals surface area contributed by atoms with Crippen molar-refractivity contribution < 1.29 is 9.84 Å². The van der Waals surface area contributed by atoms with Crippen LogP contribution in [0, 0.1) is 6.92 Å². The first-order valence-corrected chi connectivity index (χ1v) is 5.45. The highest BCUT2D eigenvalue weighted by atomic mass is 16.5. The van der Waals surface area contributed by atoms with E-state index in [1.807, 2.05) is 43.3 Å². The summed E-state index contributed by atoms with van der Waals surface area (Å²) in [6.45, 7) is 1.97. The molecule has 2 rings (SSSR count). The summed E-state index contributed by atoms with van der Waals surface area (Å²) in [6, 6.07) is 11.1. The first kappa shape index (κ1) is 11.6. The molecule has 0 aliphatic rings. The molecule has 0 fully saturated rings. The number of aryl methyl sites for hydroxylation is 1. The second-order valence-electron chi connectivity index (χ2n) is 3.94. The second-order valence-corrected chi connectivity index (χ2v) is 3.94. The lowest BCUT2D eigenvalue weighted by Crippen LogP contribution is -2.02. The van der Waals surface area contributed by atoms with Gasteiger partial charge in [-0.2, -0.15) is 0 Å². The number of rotatable bonds is 3. The van der Waals surface area contributed by atoms with Gasteiger partial charge in [0.25, 0.3) is 0 Å². The van der Waals surface area contributed by atoms with Crippen LogP contribution in [0.5, 0.6) is 5.75 Å². The molecule has 1 atom stereocenters. The number of methoxy groups -OCH3 is 1. The molecule has 88 valence electrons. The van der Waals surface area contributed by atoms with Gasteiger partial charge in [-0.25, -0.2) is 0 Å². The zero-order valence-corrected chi connectivity index (χ0v) is 9.92. The molecule has 0 aliphatic carbocycles. The number of ether oxygens (including phenoxy) is 1. The Hall–Kier alpha value is -1.87. The molecule has 0 amide bonds. The maximum atomic E-state index is 10.2. The Bertz CT molecular complexity index is 494. The monoisotopic (exact) mass is 229 g/mol. The fourth-order valence-electron chi connectivity index (χ4n) is 1.62. The number of hydrogen-bond acceptors (Lipinski definition) is 3. The van der Waals surface area contributed by atoms with Crippen molar-refractivity contribution in [2.75, 3.05) is 7.11 Å². The van der Waals surface area contributed by atoms with Crippen molar-refractivity contribution in [1.29, 1.82) is 0 Å². The van der Waals surface area contributed by atoms with Gasteiger partial charge in [0.15, 0.2) is 0 Å². The number of aliphatic hydroxyl groups is 1. The molecule has 0 saturated heterocycles. The molecule has 2 aromatic rings. The fraction of sp³-hybridized carbons (Fsp3) is 0.214. The Morgan fingerprint density at radius 1 is 1.24 bits per heavy atom. The van der Waals surface area contributed by atoms with Crippen LogP contribution < -0.4 is 4.74 Å². The summed E-state index contributed by atoms with van der Waals surface area (Å²) in [5.41, 5.74) is 2.50. The highest BCUT2D eigenvalue weighted by Gasteiger charge is 2.11. The van der Waals surface area contributed by atoms with Crippen molar-refractivity contribution in [1.82, 2.24) is 4.98 Å². The van der Waals surface area contributed by atoms with E-state index in [4.69, 9.17) is 4.74 Å². The Balaban J connectivity index is 2.29. The van der Waals surface area contributed by atoms with Crippen molar-refractivity contribution in [3.63, 3.8) is 0 Å². The molecule has 1 unspecified atom stereocenters. The van der Waals surface area contributed by atoms with E-state index in [0.717, 1.165) is 16.9 Å². The first-order valence-electron chi connectivity index (χ1n) is 5.45. The van der Waals surface area contributed by atoms with Gasteiger partial charge in [0.1, 0.15) is 11.9 Å². The van der Waals surface area contributed by atoms with Gasteiger partial charge < -0.3 is 9.84 Å². The summed E-state index contributed by atoms with van der Waals surface area (Å²) >= 11 is 0. The van der Waals surface area contributed by atoms with Crippen molar-refractivity contribution in [2.45, 2.75) is 13.0 Å². The van der Waals surface area contributed by atoms with E-state index < -0.39 is 6.10 Å². The average Bonchev–Trinajstić information content (AvgIpc) is 2.39. The molecule has 1 aromatic carbocycles. The molecule has 3 nitrogen and oxygen atoms in total. The Labute approximate surface area is 101 Å². The Morgan fingerprint density at radius 2 is 2.06 bits per heavy atom. The maximum Gasteiger partial charge on any atom is 0.121 e. The quantitative estimate of drug-likeness (QED) is 0.879. The van der Waals surface area contributed by atoms with E-state index in [1.165, 1.54) is 0 Å². The van der Waals surface area contributed by atoms with Crippen LogP contribution in [0.1, 0.15) is 22.9 Å². The fourth-order valence-corrected chi connectivity index (χ4v) is 1.62. The van der Waals surface area contributed by atoms with Crippen LogP contribution in [-0.2, 0) is 0 Å². The summed E-state index contributed by atoms with van der Waals surface area (Å²) in [7, 11) is 1.61. The number of hydrogen-bond donors (Lipinski definition) is 1. The predicted molar refractivity (Wildman–Crippen MR) is 66.0 cm³/mol. The number of aliphatic hydroxyl groups excluding tert-OH is 1. The third-order valence-corrected chi connectivity index (χ3v) is 2.62. The van der Waals surface area contributed by atoms with Crippen LogP contribution in [0.15, 0.2) is 42.6 Å². The highest BCUT2D eigenvalue weighted by molar-refractivity contribution is 5.33. The minimum Gasteiger partial charge on any atom is -0.497 e. The van der Waals surface area contributed by atoms with Gasteiger partial charge in [0.05, 0.1) is 12.8 Å². The molecule has 0 bridgehead atoms. The molecule has 0 radical (unpaired) electrons. The lowest BCUT2D eigenvalue weighted by atomic mass is 10.1. The van der Waals surface area contributed by atoms with Gasteiger partial charge in [-0.05, 0) is 36.2 Å². The molecular weight excluding hydrogens is 214 g/mol. The van der Waals surface area contributed by atoms with Gasteiger partial charge in [-0.15, -0.1) is 0 Å². The van der Waals surface area contributed by atoms with Crippen LogP contribution >= 0.6 is 0 Å². The van der Waals surface area contributed by atoms with E-state index in [2.05, 4.69) is 4.98 Å². The molecule has 1 aromatic heterocycles. The Morgan fingerprint density at radius 3 is 2.71 bits per heavy atom. The Kier molecular flexibility index (Phi) is 3.40. The number of nitrogens with zero attached hydrogens (tertiary/aromatic N) is 1. The molecule has 1 N–H and O–H groups in total. The normalized spacial score (nSPS) is 12.2. The summed E-state index contributed by atoms with van der Waals surface area (Å²) in [5.74, 6) is 0.730. The molecule has 0 aliphatic heterocycles.